The van der Waals surface area contributed by atoms with Gasteiger partial charge in [0.25, 0.3) is 0 Å². The highest BCUT2D eigenvalue weighted by Gasteiger charge is 2.43. The molecule has 0 fully saturated rings. The van der Waals surface area contributed by atoms with E-state index in [-0.39, 0.29) is 24.4 Å². The maximum Gasteiger partial charge on any atom is 0.451 e. The fraction of sp³-hybridized carbons (Fsp3) is 0.273. The van der Waals surface area contributed by atoms with Crippen molar-refractivity contribution in [3.05, 3.63) is 69.9 Å². The first-order chi connectivity index (χ1) is 17.3. The molecule has 0 unspecified atom stereocenters. The lowest BCUT2D eigenvalue weighted by molar-refractivity contribution is -0.155. The van der Waals surface area contributed by atoms with Crippen LogP contribution in [0.15, 0.2) is 30.6 Å². The Balaban J connectivity index is 1.73. The predicted molar refractivity (Wildman–Crippen MR) is 118 cm³/mol. The highest BCUT2D eigenvalue weighted by atomic mass is 35.5. The molecule has 0 aliphatic carbocycles. The molecule has 1 aromatic carbocycles. The first-order valence-corrected chi connectivity index (χ1v) is 11.0. The summed E-state index contributed by atoms with van der Waals surface area (Å²) in [5.74, 6) is -5.29. The molecule has 1 N–H and O–H groups in total. The molecule has 192 valence electrons. The van der Waals surface area contributed by atoms with Crippen LogP contribution >= 0.6 is 11.6 Å². The molecule has 37 heavy (non-hydrogen) atoms. The van der Waals surface area contributed by atoms with Crippen molar-refractivity contribution in [2.75, 3.05) is 11.4 Å². The lowest BCUT2D eigenvalue weighted by atomic mass is 9.94. The highest BCUT2D eigenvalue weighted by Crippen LogP contribution is 2.41. The van der Waals surface area contributed by atoms with E-state index in [0.29, 0.717) is 16.2 Å². The fourth-order valence-corrected chi connectivity index (χ4v) is 4.40. The number of rotatable bonds is 3. The number of anilines is 1. The average Bonchev–Trinajstić information content (AvgIpc) is 3.20. The van der Waals surface area contributed by atoms with Crippen LogP contribution in [0.2, 0.25) is 5.02 Å². The normalized spacial score (nSPS) is 16.2. The second-order valence-electron chi connectivity index (χ2n) is 8.23. The van der Waals surface area contributed by atoms with Gasteiger partial charge in [0.1, 0.15) is 6.04 Å². The van der Waals surface area contributed by atoms with Crippen molar-refractivity contribution < 1.29 is 31.1 Å². The number of aromatic amines is 1. The Kier molecular flexibility index (Phi) is 5.81. The van der Waals surface area contributed by atoms with Gasteiger partial charge in [-0.2, -0.15) is 36.3 Å². The first kappa shape index (κ1) is 24.9. The van der Waals surface area contributed by atoms with Crippen LogP contribution in [0, 0.1) is 0 Å². The summed E-state index contributed by atoms with van der Waals surface area (Å²) in [6.45, 7) is 1.20. The van der Waals surface area contributed by atoms with Crippen LogP contribution in [0.25, 0.3) is 10.9 Å². The lowest BCUT2D eigenvalue weighted by Crippen LogP contribution is -2.38. The molecule has 1 atom stereocenters. The molecule has 0 saturated carbocycles. The second kappa shape index (κ2) is 8.64. The molecule has 0 bridgehead atoms. The molecule has 1 aliphatic rings. The van der Waals surface area contributed by atoms with Gasteiger partial charge in [0.2, 0.25) is 17.6 Å². The number of Topliss-reactive ketones (excluding diaryl/α,β-unsaturated/α-hetero) is 1. The molecule has 8 nitrogen and oxygen atoms in total. The van der Waals surface area contributed by atoms with Gasteiger partial charge in [-0.3, -0.25) is 4.79 Å². The summed E-state index contributed by atoms with van der Waals surface area (Å²) >= 11 is 6.15. The summed E-state index contributed by atoms with van der Waals surface area (Å²) in [5.41, 5.74) is 2.16. The molecule has 15 heteroatoms. The summed E-state index contributed by atoms with van der Waals surface area (Å²) in [5, 5.41) is 1.19. The molecule has 3 aromatic heterocycles. The molecule has 1 aliphatic heterocycles. The van der Waals surface area contributed by atoms with Gasteiger partial charge >= 0.3 is 12.4 Å². The minimum absolute atomic E-state index is 0.0514. The van der Waals surface area contributed by atoms with E-state index >= 15 is 0 Å². The number of H-pyrrole nitrogens is 1. The number of hydrogen-bond acceptors (Lipinski definition) is 7. The van der Waals surface area contributed by atoms with E-state index in [0.717, 1.165) is 10.9 Å². The van der Waals surface area contributed by atoms with Gasteiger partial charge < -0.3 is 9.88 Å². The Hall–Kier alpha value is -3.81. The average molecular weight is 542 g/mol. The molecule has 0 radical (unpaired) electrons. The number of fused-ring (bicyclic) bond motifs is 3. The quantitative estimate of drug-likeness (QED) is 0.281. The third-order valence-electron chi connectivity index (χ3n) is 5.78. The van der Waals surface area contributed by atoms with Crippen molar-refractivity contribution >= 4 is 34.2 Å². The van der Waals surface area contributed by atoms with Crippen molar-refractivity contribution in [2.45, 2.75) is 31.7 Å². The van der Waals surface area contributed by atoms with Crippen molar-refractivity contribution in [3.63, 3.8) is 0 Å². The minimum Gasteiger partial charge on any atom is -0.356 e. The Bertz CT molecular complexity index is 1480. The number of aromatic nitrogens is 6. The maximum absolute atomic E-state index is 13.5. The van der Waals surface area contributed by atoms with Crippen molar-refractivity contribution in [3.8, 4) is 0 Å². The summed E-state index contributed by atoms with van der Waals surface area (Å²) in [4.78, 5) is 33.3. The lowest BCUT2D eigenvalue weighted by Gasteiger charge is -2.36. The number of carbonyl (C=O) groups excluding carboxylic acids is 1. The van der Waals surface area contributed by atoms with Crippen molar-refractivity contribution in [2.24, 2.45) is 0 Å². The van der Waals surface area contributed by atoms with Crippen molar-refractivity contribution in [1.82, 2.24) is 29.9 Å². The van der Waals surface area contributed by atoms with Gasteiger partial charge in [-0.05, 0) is 30.2 Å². The number of benzene rings is 1. The molecule has 0 saturated heterocycles. The van der Waals surface area contributed by atoms with Gasteiger partial charge in [0, 0.05) is 53.0 Å². The van der Waals surface area contributed by atoms with E-state index in [2.05, 4.69) is 29.9 Å². The Morgan fingerprint density at radius 3 is 2.22 bits per heavy atom. The van der Waals surface area contributed by atoms with Gasteiger partial charge in [0.15, 0.2) is 11.6 Å². The summed E-state index contributed by atoms with van der Waals surface area (Å²) in [6, 6.07) is 4.04. The van der Waals surface area contributed by atoms with Gasteiger partial charge in [-0.1, -0.05) is 11.6 Å². The predicted octanol–water partition coefficient (Wildman–Crippen LogP) is 5.19. The first-order valence-electron chi connectivity index (χ1n) is 10.6. The van der Waals surface area contributed by atoms with Crippen LogP contribution in [0.3, 0.4) is 0 Å². The fourth-order valence-electron chi connectivity index (χ4n) is 4.23. The van der Waals surface area contributed by atoms with E-state index in [1.54, 1.807) is 18.2 Å². The number of hydrogen-bond donors (Lipinski definition) is 1. The van der Waals surface area contributed by atoms with Crippen LogP contribution in [0.5, 0.6) is 0 Å². The molecular formula is C22H14ClF6N7O. The molecule has 5 rings (SSSR count). The van der Waals surface area contributed by atoms with Crippen LogP contribution in [-0.2, 0) is 18.8 Å². The third kappa shape index (κ3) is 4.56. The maximum atomic E-state index is 13.5. The van der Waals surface area contributed by atoms with Gasteiger partial charge in [0.05, 0.1) is 0 Å². The van der Waals surface area contributed by atoms with E-state index in [9.17, 15) is 31.1 Å². The number of halogens is 7. The third-order valence-corrected chi connectivity index (χ3v) is 6.01. The molecule has 4 aromatic rings. The second-order valence-corrected chi connectivity index (χ2v) is 8.66. The SMILES string of the molecule is CC(=O)c1ncc([C@H]2c3[nH]c4ccc(Cl)cc4c3CCN2c2nc(C(F)(F)F)nc(C(F)(F)F)n2)cn1. The highest BCUT2D eigenvalue weighted by molar-refractivity contribution is 6.31. The van der Waals surface area contributed by atoms with Crippen LogP contribution in [0.1, 0.15) is 52.1 Å². The summed E-state index contributed by atoms with van der Waals surface area (Å²) in [7, 11) is 0. The van der Waals surface area contributed by atoms with E-state index in [4.69, 9.17) is 11.6 Å². The molecule has 4 heterocycles. The number of nitrogens with one attached hydrogen (secondary N) is 1. The van der Waals surface area contributed by atoms with Gasteiger partial charge in [-0.15, -0.1) is 0 Å². The zero-order chi connectivity index (χ0) is 26.7. The van der Waals surface area contributed by atoms with Crippen molar-refractivity contribution in [1.29, 1.82) is 0 Å². The zero-order valence-electron chi connectivity index (χ0n) is 18.6. The summed E-state index contributed by atoms with van der Waals surface area (Å²) < 4.78 is 80.7. The van der Waals surface area contributed by atoms with E-state index in [1.165, 1.54) is 24.2 Å². The monoisotopic (exact) mass is 541 g/mol. The minimum atomic E-state index is -5.25. The molecule has 0 amide bonds. The number of ketones is 1. The zero-order valence-corrected chi connectivity index (χ0v) is 19.4. The standard InChI is InChI=1S/C22H14ClF6N7O/c1-9(37)17-30-7-10(8-31-17)16-15-12(13-6-11(23)2-3-14(13)32-15)4-5-36(16)20-34-18(21(24,25)26)33-19(35-20)22(27,28)29/h2-3,6-8,16,32H,4-5H2,1H3/t16-/m0/s1. The number of carbonyl (C=O) groups is 1. The smallest absolute Gasteiger partial charge is 0.356 e. The van der Waals surface area contributed by atoms with E-state index < -0.39 is 41.8 Å². The molecular weight excluding hydrogens is 528 g/mol. The Labute approximate surface area is 208 Å². The van der Waals surface area contributed by atoms with Crippen LogP contribution in [0.4, 0.5) is 32.3 Å². The molecule has 0 spiro atoms. The van der Waals surface area contributed by atoms with Crippen LogP contribution < -0.4 is 4.90 Å². The van der Waals surface area contributed by atoms with E-state index in [1.807, 2.05) is 0 Å². The van der Waals surface area contributed by atoms with Crippen LogP contribution in [-0.4, -0.2) is 42.2 Å². The Morgan fingerprint density at radius 2 is 1.65 bits per heavy atom. The topological polar surface area (TPSA) is 101 Å². The largest absolute Gasteiger partial charge is 0.451 e. The number of alkyl halides is 6. The number of nitrogens with zero attached hydrogens (tertiary/aromatic N) is 6. The summed E-state index contributed by atoms with van der Waals surface area (Å²) in [6.07, 6.45) is -7.71. The Morgan fingerprint density at radius 1 is 1.03 bits per heavy atom. The van der Waals surface area contributed by atoms with Gasteiger partial charge in [-0.25, -0.2) is 15.0 Å².